The number of nitrogens with zero attached hydrogens (tertiary/aromatic N) is 4. The number of hydrogen-bond donors (Lipinski definition) is 2. The summed E-state index contributed by atoms with van der Waals surface area (Å²) in [6.07, 6.45) is 6.09. The van der Waals surface area contributed by atoms with Gasteiger partial charge in [-0.25, -0.2) is 14.5 Å². The van der Waals surface area contributed by atoms with Crippen molar-refractivity contribution >= 4 is 11.8 Å². The lowest BCUT2D eigenvalue weighted by atomic mass is 10.0. The number of amides is 2. The van der Waals surface area contributed by atoms with Crippen molar-refractivity contribution in [2.24, 2.45) is 0 Å². The molecular formula is C23H28N6O3. The van der Waals surface area contributed by atoms with Crippen molar-refractivity contribution in [3.63, 3.8) is 0 Å². The molecule has 3 heterocycles. The average molecular weight is 437 g/mol. The minimum atomic E-state index is -0.236. The Morgan fingerprint density at radius 2 is 2.12 bits per heavy atom. The standard InChI is InChI=1S/C23H28N6O3/c1-31-11-10-28-13-18(21-12-24-15-32-21)20(14-28)25-23(30)26-22-17-8-5-9-19(17)27-29(22)16-6-3-2-4-7-16/h2-4,6-7,12,15,18,20H,5,8-11,13-14H2,1H3,(H2,25,26,30)/t18-,20-/m0/s1. The largest absolute Gasteiger partial charge is 0.448 e. The number of carbonyl (C=O) groups is 1. The third kappa shape index (κ3) is 4.13. The molecule has 2 aromatic heterocycles. The van der Waals surface area contributed by atoms with Crippen molar-refractivity contribution in [1.82, 2.24) is 25.0 Å². The first-order valence-electron chi connectivity index (χ1n) is 11.1. The number of hydrogen-bond acceptors (Lipinski definition) is 6. The summed E-state index contributed by atoms with van der Waals surface area (Å²) in [6.45, 7) is 2.94. The summed E-state index contributed by atoms with van der Waals surface area (Å²) in [7, 11) is 1.70. The second-order valence-electron chi connectivity index (χ2n) is 8.34. The third-order valence-electron chi connectivity index (χ3n) is 6.28. The first kappa shape index (κ1) is 20.7. The molecule has 168 valence electrons. The third-order valence-corrected chi connectivity index (χ3v) is 6.28. The van der Waals surface area contributed by atoms with Crippen LogP contribution in [-0.2, 0) is 17.6 Å². The SMILES string of the molecule is COCCN1C[C@H](NC(=O)Nc2c3c(nn2-c2ccccc2)CCC3)[C@@H](c2cnco2)C1. The fraction of sp³-hybridized carbons (Fsp3) is 0.435. The number of anilines is 1. The Bertz CT molecular complexity index is 1050. The van der Waals surface area contributed by atoms with Crippen LogP contribution in [0.25, 0.3) is 5.69 Å². The van der Waals surface area contributed by atoms with E-state index in [1.807, 2.05) is 35.0 Å². The summed E-state index contributed by atoms with van der Waals surface area (Å²) >= 11 is 0. The second-order valence-corrected chi connectivity index (χ2v) is 8.34. The molecule has 1 fully saturated rings. The van der Waals surface area contributed by atoms with Gasteiger partial charge in [0.2, 0.25) is 0 Å². The number of rotatable bonds is 7. The van der Waals surface area contributed by atoms with E-state index in [9.17, 15) is 4.79 Å². The van der Waals surface area contributed by atoms with Crippen molar-refractivity contribution in [2.45, 2.75) is 31.2 Å². The normalized spacial score (nSPS) is 20.4. The summed E-state index contributed by atoms with van der Waals surface area (Å²) in [5.41, 5.74) is 3.13. The minimum Gasteiger partial charge on any atom is -0.448 e. The smallest absolute Gasteiger partial charge is 0.320 e. The van der Waals surface area contributed by atoms with E-state index in [1.165, 1.54) is 6.39 Å². The van der Waals surface area contributed by atoms with E-state index in [4.69, 9.17) is 14.3 Å². The molecule has 1 aromatic carbocycles. The monoisotopic (exact) mass is 436 g/mol. The number of fused-ring (bicyclic) bond motifs is 1. The van der Waals surface area contributed by atoms with Gasteiger partial charge < -0.3 is 14.5 Å². The van der Waals surface area contributed by atoms with E-state index >= 15 is 0 Å². The molecule has 2 N–H and O–H groups in total. The molecule has 0 unspecified atom stereocenters. The zero-order valence-electron chi connectivity index (χ0n) is 18.2. The van der Waals surface area contributed by atoms with Gasteiger partial charge in [-0.1, -0.05) is 18.2 Å². The lowest BCUT2D eigenvalue weighted by molar-refractivity contribution is 0.159. The summed E-state index contributed by atoms with van der Waals surface area (Å²) in [5.74, 6) is 1.57. The van der Waals surface area contributed by atoms with Gasteiger partial charge in [-0.15, -0.1) is 0 Å². The summed E-state index contributed by atoms with van der Waals surface area (Å²) in [4.78, 5) is 19.5. The van der Waals surface area contributed by atoms with Crippen LogP contribution in [0.3, 0.4) is 0 Å². The zero-order chi connectivity index (χ0) is 21.9. The highest BCUT2D eigenvalue weighted by atomic mass is 16.5. The Morgan fingerprint density at radius 1 is 1.25 bits per heavy atom. The lowest BCUT2D eigenvalue weighted by Crippen LogP contribution is -2.42. The van der Waals surface area contributed by atoms with Crippen LogP contribution in [0.15, 0.2) is 47.3 Å². The van der Waals surface area contributed by atoms with Crippen LogP contribution in [0, 0.1) is 0 Å². The van der Waals surface area contributed by atoms with Crippen LogP contribution in [0.2, 0.25) is 0 Å². The van der Waals surface area contributed by atoms with Gasteiger partial charge in [0.1, 0.15) is 11.6 Å². The maximum atomic E-state index is 13.1. The van der Waals surface area contributed by atoms with Crippen LogP contribution in [0.4, 0.5) is 10.6 Å². The van der Waals surface area contributed by atoms with Crippen LogP contribution < -0.4 is 10.6 Å². The highest BCUT2D eigenvalue weighted by Gasteiger charge is 2.37. The predicted octanol–water partition coefficient (Wildman–Crippen LogP) is 2.58. The van der Waals surface area contributed by atoms with Crippen molar-refractivity contribution in [2.75, 3.05) is 38.7 Å². The number of nitrogens with one attached hydrogen (secondary N) is 2. The molecule has 1 aliphatic carbocycles. The van der Waals surface area contributed by atoms with Crippen molar-refractivity contribution < 1.29 is 13.9 Å². The Morgan fingerprint density at radius 3 is 2.91 bits per heavy atom. The van der Waals surface area contributed by atoms with Gasteiger partial charge in [-0.3, -0.25) is 10.2 Å². The number of benzene rings is 1. The summed E-state index contributed by atoms with van der Waals surface area (Å²) < 4.78 is 12.6. The first-order valence-corrected chi connectivity index (χ1v) is 11.1. The Balaban J connectivity index is 1.34. The highest BCUT2D eigenvalue weighted by Crippen LogP contribution is 2.31. The van der Waals surface area contributed by atoms with Gasteiger partial charge in [0.15, 0.2) is 6.39 Å². The number of methoxy groups -OCH3 is 1. The van der Waals surface area contributed by atoms with Gasteiger partial charge in [0.25, 0.3) is 0 Å². The molecule has 2 amide bonds. The lowest BCUT2D eigenvalue weighted by Gasteiger charge is -2.19. The Hall–Kier alpha value is -3.17. The van der Waals surface area contributed by atoms with Crippen molar-refractivity contribution in [3.8, 4) is 5.69 Å². The maximum absolute atomic E-state index is 13.1. The van der Waals surface area contributed by atoms with Crippen LogP contribution in [-0.4, -0.2) is 65.1 Å². The van der Waals surface area contributed by atoms with Crippen LogP contribution >= 0.6 is 0 Å². The highest BCUT2D eigenvalue weighted by molar-refractivity contribution is 5.90. The summed E-state index contributed by atoms with van der Waals surface area (Å²) in [6, 6.07) is 9.58. The minimum absolute atomic E-state index is 0.0323. The van der Waals surface area contributed by atoms with E-state index in [0.717, 1.165) is 67.4 Å². The maximum Gasteiger partial charge on any atom is 0.320 e. The van der Waals surface area contributed by atoms with Crippen LogP contribution in [0.5, 0.6) is 0 Å². The molecule has 9 nitrogen and oxygen atoms in total. The van der Waals surface area contributed by atoms with E-state index < -0.39 is 0 Å². The molecule has 2 atom stereocenters. The van der Waals surface area contributed by atoms with Gasteiger partial charge in [-0.05, 0) is 31.4 Å². The van der Waals surface area contributed by atoms with E-state index in [0.29, 0.717) is 6.61 Å². The van der Waals surface area contributed by atoms with Crippen molar-refractivity contribution in [3.05, 3.63) is 59.9 Å². The van der Waals surface area contributed by atoms with Gasteiger partial charge in [-0.2, -0.15) is 5.10 Å². The number of para-hydroxylation sites is 1. The molecule has 1 aliphatic heterocycles. The summed E-state index contributed by atoms with van der Waals surface area (Å²) in [5, 5.41) is 11.0. The topological polar surface area (TPSA) is 97.5 Å². The average Bonchev–Trinajstić information content (AvgIpc) is 3.59. The number of carbonyl (C=O) groups excluding carboxylic acids is 1. The molecule has 1 saturated heterocycles. The molecule has 3 aromatic rings. The van der Waals surface area contributed by atoms with Gasteiger partial charge in [0.05, 0.1) is 36.1 Å². The fourth-order valence-electron chi connectivity index (χ4n) is 4.72. The fourth-order valence-corrected chi connectivity index (χ4v) is 4.72. The molecule has 32 heavy (non-hydrogen) atoms. The van der Waals surface area contributed by atoms with E-state index in [1.54, 1.807) is 13.3 Å². The number of ether oxygens (including phenoxy) is 1. The number of oxazole rings is 1. The molecular weight excluding hydrogens is 408 g/mol. The Labute approximate surface area is 186 Å². The van der Waals surface area contributed by atoms with Crippen molar-refractivity contribution in [1.29, 1.82) is 0 Å². The molecule has 0 radical (unpaired) electrons. The molecule has 0 spiro atoms. The molecule has 2 aliphatic rings. The number of likely N-dealkylation sites (tertiary alicyclic amines) is 1. The molecule has 5 rings (SSSR count). The van der Waals surface area contributed by atoms with Gasteiger partial charge in [0, 0.05) is 32.3 Å². The second kappa shape index (κ2) is 9.13. The number of urea groups is 1. The zero-order valence-corrected chi connectivity index (χ0v) is 18.2. The predicted molar refractivity (Wildman–Crippen MR) is 119 cm³/mol. The quantitative estimate of drug-likeness (QED) is 0.591. The molecule has 0 saturated carbocycles. The first-order chi connectivity index (χ1) is 15.7. The number of aryl methyl sites for hydroxylation is 1. The van der Waals surface area contributed by atoms with E-state index in [-0.39, 0.29) is 18.0 Å². The van der Waals surface area contributed by atoms with Crippen LogP contribution in [0.1, 0.15) is 29.4 Å². The molecule has 9 heteroatoms. The number of aromatic nitrogens is 3. The Kier molecular flexibility index (Phi) is 5.91. The molecule has 0 bridgehead atoms. The van der Waals surface area contributed by atoms with E-state index in [2.05, 4.69) is 20.5 Å². The van der Waals surface area contributed by atoms with Gasteiger partial charge >= 0.3 is 6.03 Å².